The summed E-state index contributed by atoms with van der Waals surface area (Å²) >= 11 is 0. The van der Waals surface area contributed by atoms with Crippen molar-refractivity contribution in [1.29, 1.82) is 0 Å². The summed E-state index contributed by atoms with van der Waals surface area (Å²) < 4.78 is 0. The molecule has 0 spiro atoms. The molecule has 0 aromatic heterocycles. The van der Waals surface area contributed by atoms with Crippen molar-refractivity contribution in [3.05, 3.63) is 0 Å². The summed E-state index contributed by atoms with van der Waals surface area (Å²) in [5.41, 5.74) is 0. The Morgan fingerprint density at radius 2 is 1.59 bits per heavy atom. The maximum Gasteiger partial charge on any atom is 0.0542 e. The topological polar surface area (TPSA) is 24.1 Å². The van der Waals surface area contributed by atoms with Crippen molar-refractivity contribution in [2.75, 3.05) is 7.05 Å². The Hall–Kier alpha value is -0.0800. The maximum atomic E-state index is 3.66. The Morgan fingerprint density at radius 3 is 2.00 bits per heavy atom. The van der Waals surface area contributed by atoms with E-state index in [1.807, 2.05) is 7.05 Å². The molecular weight excluding hydrogens is 208 g/mol. The molecule has 2 nitrogen and oxygen atoms in total. The first-order valence-corrected chi connectivity index (χ1v) is 7.52. The summed E-state index contributed by atoms with van der Waals surface area (Å²) in [6, 6.07) is 0.609. The van der Waals surface area contributed by atoms with E-state index in [1.54, 1.807) is 0 Å². The van der Waals surface area contributed by atoms with Gasteiger partial charge in [-0.05, 0) is 45.6 Å². The summed E-state index contributed by atoms with van der Waals surface area (Å²) in [4.78, 5) is 0. The fourth-order valence-electron chi connectivity index (χ4n) is 2.61. The molecule has 0 unspecified atom stereocenters. The SMILES string of the molecule is CCC[C@@H](CC(CC)CC)[C@H](C)N[C@H](C)NC. The van der Waals surface area contributed by atoms with Gasteiger partial charge in [-0.1, -0.05) is 40.0 Å². The monoisotopic (exact) mass is 242 g/mol. The van der Waals surface area contributed by atoms with Gasteiger partial charge in [0.1, 0.15) is 0 Å². The van der Waals surface area contributed by atoms with E-state index in [9.17, 15) is 0 Å². The second kappa shape index (κ2) is 9.90. The number of nitrogens with one attached hydrogen (secondary N) is 2. The largest absolute Gasteiger partial charge is 0.305 e. The van der Waals surface area contributed by atoms with E-state index >= 15 is 0 Å². The third-order valence-electron chi connectivity index (χ3n) is 4.10. The first-order valence-electron chi connectivity index (χ1n) is 7.52. The minimum Gasteiger partial charge on any atom is -0.305 e. The average Bonchev–Trinajstić information content (AvgIpc) is 2.34. The second-order valence-corrected chi connectivity index (χ2v) is 5.43. The lowest BCUT2D eigenvalue weighted by Crippen LogP contribution is -2.46. The van der Waals surface area contributed by atoms with E-state index in [0.717, 1.165) is 11.8 Å². The van der Waals surface area contributed by atoms with E-state index in [4.69, 9.17) is 0 Å². The van der Waals surface area contributed by atoms with Gasteiger partial charge in [-0.2, -0.15) is 0 Å². The zero-order valence-corrected chi connectivity index (χ0v) is 12.8. The van der Waals surface area contributed by atoms with Crippen LogP contribution >= 0.6 is 0 Å². The van der Waals surface area contributed by atoms with Crippen LogP contribution in [-0.2, 0) is 0 Å². The van der Waals surface area contributed by atoms with Crippen molar-refractivity contribution >= 4 is 0 Å². The lowest BCUT2D eigenvalue weighted by Gasteiger charge is -2.30. The normalized spacial score (nSPS) is 17.1. The van der Waals surface area contributed by atoms with E-state index in [0.29, 0.717) is 12.2 Å². The molecule has 0 heterocycles. The third-order valence-corrected chi connectivity index (χ3v) is 4.10. The van der Waals surface area contributed by atoms with Gasteiger partial charge in [-0.15, -0.1) is 0 Å². The molecule has 0 amide bonds. The minimum absolute atomic E-state index is 0.408. The zero-order valence-electron chi connectivity index (χ0n) is 12.8. The summed E-state index contributed by atoms with van der Waals surface area (Å²) in [6.07, 6.45) is 7.08. The Kier molecular flexibility index (Phi) is 9.85. The molecule has 3 atom stereocenters. The van der Waals surface area contributed by atoms with Crippen molar-refractivity contribution in [3.63, 3.8) is 0 Å². The van der Waals surface area contributed by atoms with Gasteiger partial charge in [0.25, 0.3) is 0 Å². The fraction of sp³-hybridized carbons (Fsp3) is 1.00. The van der Waals surface area contributed by atoms with E-state index < -0.39 is 0 Å². The highest BCUT2D eigenvalue weighted by Gasteiger charge is 2.20. The Balaban J connectivity index is 4.28. The lowest BCUT2D eigenvalue weighted by molar-refractivity contribution is 0.253. The lowest BCUT2D eigenvalue weighted by atomic mass is 9.84. The number of rotatable bonds is 10. The smallest absolute Gasteiger partial charge is 0.0542 e. The third kappa shape index (κ3) is 7.05. The van der Waals surface area contributed by atoms with Gasteiger partial charge < -0.3 is 5.32 Å². The molecule has 2 N–H and O–H groups in total. The van der Waals surface area contributed by atoms with Crippen LogP contribution in [0.2, 0.25) is 0 Å². The van der Waals surface area contributed by atoms with Gasteiger partial charge in [-0.3, -0.25) is 5.32 Å². The van der Waals surface area contributed by atoms with Crippen LogP contribution in [0.15, 0.2) is 0 Å². The van der Waals surface area contributed by atoms with Crippen LogP contribution in [0.4, 0.5) is 0 Å². The molecule has 0 fully saturated rings. The molecule has 0 aromatic rings. The van der Waals surface area contributed by atoms with Crippen molar-refractivity contribution in [2.45, 2.75) is 78.9 Å². The van der Waals surface area contributed by atoms with Gasteiger partial charge in [0.15, 0.2) is 0 Å². The molecule has 0 aliphatic rings. The molecule has 0 bridgehead atoms. The summed E-state index contributed by atoms with van der Waals surface area (Å²) in [5, 5.41) is 6.92. The predicted molar refractivity (Wildman–Crippen MR) is 78.2 cm³/mol. The molecule has 0 aliphatic carbocycles. The second-order valence-electron chi connectivity index (χ2n) is 5.43. The molecule has 0 saturated carbocycles. The van der Waals surface area contributed by atoms with Crippen LogP contribution in [-0.4, -0.2) is 19.3 Å². The van der Waals surface area contributed by atoms with Crippen molar-refractivity contribution in [3.8, 4) is 0 Å². The molecule has 0 radical (unpaired) electrons. The molecule has 104 valence electrons. The molecule has 0 aliphatic heterocycles. The first-order chi connectivity index (χ1) is 8.08. The quantitative estimate of drug-likeness (QED) is 0.570. The van der Waals surface area contributed by atoms with Crippen LogP contribution in [0.3, 0.4) is 0 Å². The maximum absolute atomic E-state index is 3.66. The minimum atomic E-state index is 0.408. The van der Waals surface area contributed by atoms with Crippen LogP contribution in [0.25, 0.3) is 0 Å². The van der Waals surface area contributed by atoms with Crippen molar-refractivity contribution in [2.24, 2.45) is 11.8 Å². The average molecular weight is 242 g/mol. The first kappa shape index (κ1) is 16.9. The number of hydrogen-bond donors (Lipinski definition) is 2. The Morgan fingerprint density at radius 1 is 1.00 bits per heavy atom. The summed E-state index contributed by atoms with van der Waals surface area (Å²) in [7, 11) is 2.01. The summed E-state index contributed by atoms with van der Waals surface area (Å²) in [5.74, 6) is 1.72. The van der Waals surface area contributed by atoms with Crippen LogP contribution < -0.4 is 10.6 Å². The van der Waals surface area contributed by atoms with Gasteiger partial charge in [0.05, 0.1) is 6.17 Å². The number of hydrogen-bond acceptors (Lipinski definition) is 2. The van der Waals surface area contributed by atoms with Crippen molar-refractivity contribution in [1.82, 2.24) is 10.6 Å². The molecule has 0 rings (SSSR count). The standard InChI is InChI=1S/C15H34N2/c1-7-10-15(11-14(8-2)9-3)12(4)17-13(5)16-6/h12-17H,7-11H2,1-6H3/t12-,13+,15-/m0/s1. The molecule has 0 aromatic carbocycles. The summed E-state index contributed by atoms with van der Waals surface area (Å²) in [6.45, 7) is 11.5. The van der Waals surface area contributed by atoms with E-state index in [1.165, 1.54) is 32.1 Å². The van der Waals surface area contributed by atoms with E-state index in [2.05, 4.69) is 45.3 Å². The highest BCUT2D eigenvalue weighted by atomic mass is 15.1. The van der Waals surface area contributed by atoms with Gasteiger partial charge in [0, 0.05) is 6.04 Å². The van der Waals surface area contributed by atoms with Crippen molar-refractivity contribution < 1.29 is 0 Å². The molecule has 2 heteroatoms. The molecule has 17 heavy (non-hydrogen) atoms. The highest BCUT2D eigenvalue weighted by Crippen LogP contribution is 2.25. The van der Waals surface area contributed by atoms with E-state index in [-0.39, 0.29) is 0 Å². The van der Waals surface area contributed by atoms with Crippen LogP contribution in [0.1, 0.15) is 66.7 Å². The molecule has 0 saturated heterocycles. The van der Waals surface area contributed by atoms with Crippen LogP contribution in [0, 0.1) is 11.8 Å². The molecular formula is C15H34N2. The Labute approximate surface area is 109 Å². The Bertz CT molecular complexity index is 166. The van der Waals surface area contributed by atoms with Gasteiger partial charge >= 0.3 is 0 Å². The predicted octanol–water partition coefficient (Wildman–Crippen LogP) is 3.77. The van der Waals surface area contributed by atoms with Gasteiger partial charge in [0.2, 0.25) is 0 Å². The van der Waals surface area contributed by atoms with Gasteiger partial charge in [-0.25, -0.2) is 0 Å². The fourth-order valence-corrected chi connectivity index (χ4v) is 2.61. The highest BCUT2D eigenvalue weighted by molar-refractivity contribution is 4.76. The van der Waals surface area contributed by atoms with Crippen LogP contribution in [0.5, 0.6) is 0 Å². The zero-order chi connectivity index (χ0) is 13.3.